The summed E-state index contributed by atoms with van der Waals surface area (Å²) in [5, 5.41) is 9.38. The van der Waals surface area contributed by atoms with E-state index in [-0.39, 0.29) is 11.9 Å². The highest BCUT2D eigenvalue weighted by Crippen LogP contribution is 2.36. The molecule has 0 saturated carbocycles. The van der Waals surface area contributed by atoms with Crippen LogP contribution in [-0.4, -0.2) is 28.9 Å². The van der Waals surface area contributed by atoms with E-state index in [0.29, 0.717) is 18.8 Å². The summed E-state index contributed by atoms with van der Waals surface area (Å²) >= 11 is 0. The van der Waals surface area contributed by atoms with Gasteiger partial charge in [0.05, 0.1) is 12.0 Å². The van der Waals surface area contributed by atoms with Crippen molar-refractivity contribution in [2.45, 2.75) is 38.6 Å². The van der Waals surface area contributed by atoms with Crippen LogP contribution in [0.4, 0.5) is 0 Å². The second kappa shape index (κ2) is 5.65. The summed E-state index contributed by atoms with van der Waals surface area (Å²) in [6.07, 6.45) is 0.725. The molecule has 1 aliphatic rings. The van der Waals surface area contributed by atoms with Crippen molar-refractivity contribution in [2.24, 2.45) is 5.92 Å². The fourth-order valence-corrected chi connectivity index (χ4v) is 2.83. The number of hydrogen-bond acceptors (Lipinski definition) is 2. The predicted molar refractivity (Wildman–Crippen MR) is 76.4 cm³/mol. The van der Waals surface area contributed by atoms with Crippen molar-refractivity contribution in [1.82, 2.24) is 4.90 Å². The molecule has 2 rings (SSSR count). The summed E-state index contributed by atoms with van der Waals surface area (Å²) in [4.78, 5) is 24.9. The number of hydrogen-bond donors (Lipinski definition) is 1. The lowest BCUT2D eigenvalue weighted by molar-refractivity contribution is -0.150. The van der Waals surface area contributed by atoms with E-state index in [1.165, 1.54) is 5.56 Å². The van der Waals surface area contributed by atoms with Crippen LogP contribution in [0.2, 0.25) is 0 Å². The molecule has 1 amide bonds. The fourth-order valence-electron chi connectivity index (χ4n) is 2.83. The van der Waals surface area contributed by atoms with E-state index in [2.05, 4.69) is 13.8 Å². The molecular formula is C16H21NO3. The Balaban J connectivity index is 2.34. The van der Waals surface area contributed by atoms with Gasteiger partial charge in [-0.2, -0.15) is 0 Å². The Morgan fingerprint density at radius 1 is 1.30 bits per heavy atom. The topological polar surface area (TPSA) is 57.6 Å². The van der Waals surface area contributed by atoms with Gasteiger partial charge >= 0.3 is 5.97 Å². The van der Waals surface area contributed by atoms with E-state index in [4.69, 9.17) is 0 Å². The van der Waals surface area contributed by atoms with E-state index in [1.807, 2.05) is 24.3 Å². The van der Waals surface area contributed by atoms with Crippen molar-refractivity contribution in [3.05, 3.63) is 35.4 Å². The highest BCUT2D eigenvalue weighted by molar-refractivity contribution is 5.81. The molecule has 0 aromatic heterocycles. The third-order valence-corrected chi connectivity index (χ3v) is 4.12. The van der Waals surface area contributed by atoms with Gasteiger partial charge in [0.2, 0.25) is 5.91 Å². The van der Waals surface area contributed by atoms with Gasteiger partial charge in [-0.15, -0.1) is 0 Å². The van der Waals surface area contributed by atoms with Crippen LogP contribution in [0.5, 0.6) is 0 Å². The van der Waals surface area contributed by atoms with Crippen LogP contribution in [-0.2, 0) is 9.59 Å². The molecule has 1 aromatic rings. The van der Waals surface area contributed by atoms with Crippen molar-refractivity contribution in [3.8, 4) is 0 Å². The van der Waals surface area contributed by atoms with Gasteiger partial charge in [-0.1, -0.05) is 38.1 Å². The Morgan fingerprint density at radius 2 is 1.90 bits per heavy atom. The van der Waals surface area contributed by atoms with Crippen molar-refractivity contribution in [1.29, 1.82) is 0 Å². The quantitative estimate of drug-likeness (QED) is 0.922. The Bertz CT molecular complexity index is 507. The van der Waals surface area contributed by atoms with Crippen LogP contribution in [0.25, 0.3) is 0 Å². The number of carbonyl (C=O) groups excluding carboxylic acids is 1. The van der Waals surface area contributed by atoms with E-state index < -0.39 is 11.9 Å². The Hall–Kier alpha value is -1.84. The van der Waals surface area contributed by atoms with Crippen LogP contribution >= 0.6 is 0 Å². The molecule has 4 nitrogen and oxygen atoms in total. The van der Waals surface area contributed by atoms with Crippen LogP contribution < -0.4 is 0 Å². The molecule has 1 N–H and O–H groups in total. The fraction of sp³-hybridized carbons (Fsp3) is 0.500. The number of carbonyl (C=O) groups is 2. The number of aliphatic carboxylic acids is 1. The standard InChI is InChI=1S/C16H21NO3/c1-10(2)11-4-6-12(7-5-11)15-13(16(19)20)8-9-14(18)17(15)3/h4-7,10,13,15H,8-9H2,1-3H3,(H,19,20). The molecule has 0 radical (unpaired) electrons. The smallest absolute Gasteiger partial charge is 0.308 e. The lowest BCUT2D eigenvalue weighted by Gasteiger charge is -2.37. The predicted octanol–water partition coefficient (Wildman–Crippen LogP) is 2.80. The number of piperidine rings is 1. The van der Waals surface area contributed by atoms with Crippen LogP contribution in [0.3, 0.4) is 0 Å². The van der Waals surface area contributed by atoms with Crippen LogP contribution in [0.15, 0.2) is 24.3 Å². The molecule has 20 heavy (non-hydrogen) atoms. The molecule has 1 saturated heterocycles. The van der Waals surface area contributed by atoms with Gasteiger partial charge < -0.3 is 10.0 Å². The zero-order valence-electron chi connectivity index (χ0n) is 12.2. The highest BCUT2D eigenvalue weighted by Gasteiger charge is 2.38. The molecule has 108 valence electrons. The molecular weight excluding hydrogens is 254 g/mol. The normalized spacial score (nSPS) is 23.2. The second-order valence-corrected chi connectivity index (χ2v) is 5.75. The van der Waals surface area contributed by atoms with Gasteiger partial charge in [-0.3, -0.25) is 9.59 Å². The van der Waals surface area contributed by atoms with E-state index in [1.54, 1.807) is 11.9 Å². The van der Waals surface area contributed by atoms with Crippen LogP contribution in [0, 0.1) is 5.92 Å². The van der Waals surface area contributed by atoms with Crippen molar-refractivity contribution < 1.29 is 14.7 Å². The van der Waals surface area contributed by atoms with Gasteiger partial charge in [0.1, 0.15) is 0 Å². The molecule has 1 aromatic carbocycles. The zero-order chi connectivity index (χ0) is 14.9. The molecule has 1 aliphatic heterocycles. The minimum absolute atomic E-state index is 0.0143. The first kappa shape index (κ1) is 14.6. The van der Waals surface area contributed by atoms with Crippen molar-refractivity contribution >= 4 is 11.9 Å². The molecule has 0 bridgehead atoms. The first-order chi connectivity index (χ1) is 9.41. The lowest BCUT2D eigenvalue weighted by atomic mass is 9.84. The molecule has 2 unspecified atom stereocenters. The third-order valence-electron chi connectivity index (χ3n) is 4.12. The van der Waals surface area contributed by atoms with E-state index >= 15 is 0 Å². The average Bonchev–Trinajstić information content (AvgIpc) is 2.41. The van der Waals surface area contributed by atoms with Gasteiger partial charge in [-0.05, 0) is 23.5 Å². The highest BCUT2D eigenvalue weighted by atomic mass is 16.4. The van der Waals surface area contributed by atoms with Crippen LogP contribution in [0.1, 0.15) is 49.8 Å². The Kier molecular flexibility index (Phi) is 4.12. The maximum absolute atomic E-state index is 11.9. The number of carboxylic acids is 1. The van der Waals surface area contributed by atoms with E-state index in [9.17, 15) is 14.7 Å². The minimum Gasteiger partial charge on any atom is -0.481 e. The van der Waals surface area contributed by atoms with Crippen molar-refractivity contribution in [2.75, 3.05) is 7.05 Å². The monoisotopic (exact) mass is 275 g/mol. The van der Waals surface area contributed by atoms with Gasteiger partial charge in [0, 0.05) is 13.5 Å². The Labute approximate surface area is 119 Å². The Morgan fingerprint density at radius 3 is 2.40 bits per heavy atom. The summed E-state index contributed by atoms with van der Waals surface area (Å²) in [5.74, 6) is -0.907. The summed E-state index contributed by atoms with van der Waals surface area (Å²) in [6, 6.07) is 7.57. The number of nitrogens with zero attached hydrogens (tertiary/aromatic N) is 1. The maximum Gasteiger partial charge on any atom is 0.308 e. The SMILES string of the molecule is CC(C)c1ccc(C2C(C(=O)O)CCC(=O)N2C)cc1. The maximum atomic E-state index is 11.9. The number of amides is 1. The molecule has 0 spiro atoms. The summed E-state index contributed by atoms with van der Waals surface area (Å²) in [7, 11) is 1.69. The van der Waals surface area contributed by atoms with Gasteiger partial charge in [0.25, 0.3) is 0 Å². The number of likely N-dealkylation sites (tertiary alicyclic amines) is 1. The van der Waals surface area contributed by atoms with Gasteiger partial charge in [-0.25, -0.2) is 0 Å². The average molecular weight is 275 g/mol. The molecule has 0 aliphatic carbocycles. The molecule has 2 atom stereocenters. The van der Waals surface area contributed by atoms with Gasteiger partial charge in [0.15, 0.2) is 0 Å². The first-order valence-corrected chi connectivity index (χ1v) is 7.00. The summed E-state index contributed by atoms with van der Waals surface area (Å²) in [6.45, 7) is 4.23. The van der Waals surface area contributed by atoms with E-state index in [0.717, 1.165) is 5.56 Å². The third kappa shape index (κ3) is 2.69. The second-order valence-electron chi connectivity index (χ2n) is 5.75. The number of rotatable bonds is 3. The lowest BCUT2D eigenvalue weighted by Crippen LogP contribution is -2.42. The summed E-state index contributed by atoms with van der Waals surface area (Å²) < 4.78 is 0. The molecule has 1 fully saturated rings. The molecule has 4 heteroatoms. The largest absolute Gasteiger partial charge is 0.481 e. The number of benzene rings is 1. The summed E-state index contributed by atoms with van der Waals surface area (Å²) in [5.41, 5.74) is 2.11. The molecule has 1 heterocycles. The number of carboxylic acid groups (broad SMARTS) is 1. The van der Waals surface area contributed by atoms with Crippen molar-refractivity contribution in [3.63, 3.8) is 0 Å². The first-order valence-electron chi connectivity index (χ1n) is 7.00. The minimum atomic E-state index is -0.831. The zero-order valence-corrected chi connectivity index (χ0v) is 12.2.